The van der Waals surface area contributed by atoms with Crippen LogP contribution in [0.25, 0.3) is 0 Å². The minimum Gasteiger partial charge on any atom is -0.394 e. The minimum absolute atomic E-state index is 0.0170. The van der Waals surface area contributed by atoms with E-state index in [2.05, 4.69) is 5.32 Å². The molecule has 70 valence electrons. The van der Waals surface area contributed by atoms with E-state index in [1.807, 2.05) is 6.92 Å². The van der Waals surface area contributed by atoms with Crippen LogP contribution in [0.3, 0.4) is 0 Å². The number of aliphatic hydroxyl groups is 1. The van der Waals surface area contributed by atoms with Crippen molar-refractivity contribution in [2.75, 3.05) is 6.61 Å². The van der Waals surface area contributed by atoms with Gasteiger partial charge in [0.15, 0.2) is 0 Å². The summed E-state index contributed by atoms with van der Waals surface area (Å²) in [5, 5.41) is 11.5. The molecule has 0 aromatic rings. The average molecular weight is 171 g/mol. The molecule has 2 unspecified atom stereocenters. The number of carbonyl (C=O) groups excluding carboxylic acids is 1. The zero-order valence-electron chi connectivity index (χ0n) is 7.71. The van der Waals surface area contributed by atoms with Gasteiger partial charge in [0.1, 0.15) is 0 Å². The lowest BCUT2D eigenvalue weighted by atomic mass is 10.1. The van der Waals surface area contributed by atoms with Crippen LogP contribution < -0.4 is 5.32 Å². The quantitative estimate of drug-likeness (QED) is 0.648. The predicted octanol–water partition coefficient (Wildman–Crippen LogP) is 0.529. The molecule has 3 nitrogen and oxygen atoms in total. The summed E-state index contributed by atoms with van der Waals surface area (Å²) in [6.07, 6.45) is 2.37. The van der Waals surface area contributed by atoms with Crippen LogP contribution in [0.5, 0.6) is 0 Å². The fourth-order valence-electron chi connectivity index (χ4n) is 1.23. The maximum Gasteiger partial charge on any atom is 0.223 e. The van der Waals surface area contributed by atoms with Crippen molar-refractivity contribution in [3.63, 3.8) is 0 Å². The molecular weight excluding hydrogens is 154 g/mol. The Kier molecular flexibility index (Phi) is 3.09. The number of nitrogens with one attached hydrogen (secondary N) is 1. The molecule has 2 N–H and O–H groups in total. The van der Waals surface area contributed by atoms with E-state index in [-0.39, 0.29) is 24.5 Å². The first-order valence-electron chi connectivity index (χ1n) is 4.56. The Bertz CT molecular complexity index is 166. The predicted molar refractivity (Wildman–Crippen MR) is 46.6 cm³/mol. The maximum absolute atomic E-state index is 11.4. The Morgan fingerprint density at radius 3 is 2.58 bits per heavy atom. The molecule has 0 radical (unpaired) electrons. The van der Waals surface area contributed by atoms with E-state index < -0.39 is 0 Å². The lowest BCUT2D eigenvalue weighted by molar-refractivity contribution is -0.126. The van der Waals surface area contributed by atoms with Crippen LogP contribution in [0.4, 0.5) is 0 Å². The van der Waals surface area contributed by atoms with Gasteiger partial charge in [-0.1, -0.05) is 6.92 Å². The second kappa shape index (κ2) is 3.90. The number of rotatable bonds is 4. The monoisotopic (exact) mass is 171 g/mol. The Balaban J connectivity index is 2.26. The summed E-state index contributed by atoms with van der Waals surface area (Å²) < 4.78 is 0. The van der Waals surface area contributed by atoms with E-state index in [0.29, 0.717) is 5.92 Å². The lowest BCUT2D eigenvalue weighted by Crippen LogP contribution is -2.38. The third-order valence-electron chi connectivity index (χ3n) is 2.41. The second-order valence-electron chi connectivity index (χ2n) is 3.72. The van der Waals surface area contributed by atoms with Crippen molar-refractivity contribution in [2.24, 2.45) is 11.8 Å². The van der Waals surface area contributed by atoms with E-state index >= 15 is 0 Å². The largest absolute Gasteiger partial charge is 0.394 e. The van der Waals surface area contributed by atoms with Gasteiger partial charge in [-0.25, -0.2) is 0 Å². The van der Waals surface area contributed by atoms with Gasteiger partial charge in [0.05, 0.1) is 6.61 Å². The molecule has 1 rings (SSSR count). The zero-order chi connectivity index (χ0) is 9.14. The van der Waals surface area contributed by atoms with E-state index in [4.69, 9.17) is 5.11 Å². The smallest absolute Gasteiger partial charge is 0.223 e. The summed E-state index contributed by atoms with van der Waals surface area (Å²) in [4.78, 5) is 11.4. The number of hydrogen-bond donors (Lipinski definition) is 2. The molecule has 0 aromatic carbocycles. The van der Waals surface area contributed by atoms with Crippen LogP contribution in [0.2, 0.25) is 0 Å². The molecule has 1 fully saturated rings. The third kappa shape index (κ3) is 2.48. The van der Waals surface area contributed by atoms with Crippen molar-refractivity contribution in [3.05, 3.63) is 0 Å². The van der Waals surface area contributed by atoms with Gasteiger partial charge in [0.25, 0.3) is 0 Å². The van der Waals surface area contributed by atoms with Gasteiger partial charge in [-0.15, -0.1) is 0 Å². The maximum atomic E-state index is 11.4. The normalized spacial score (nSPS) is 21.6. The molecule has 1 aliphatic rings. The highest BCUT2D eigenvalue weighted by molar-refractivity contribution is 5.79. The minimum atomic E-state index is -0.112. The second-order valence-corrected chi connectivity index (χ2v) is 3.72. The van der Waals surface area contributed by atoms with Crippen LogP contribution in [0, 0.1) is 11.8 Å². The summed E-state index contributed by atoms with van der Waals surface area (Å²) in [6.45, 7) is 3.78. The van der Waals surface area contributed by atoms with Gasteiger partial charge >= 0.3 is 0 Å². The highest BCUT2D eigenvalue weighted by atomic mass is 16.3. The number of carbonyl (C=O) groups is 1. The van der Waals surface area contributed by atoms with Crippen molar-refractivity contribution in [1.82, 2.24) is 5.32 Å². The molecule has 1 saturated carbocycles. The van der Waals surface area contributed by atoms with Crippen molar-refractivity contribution < 1.29 is 9.90 Å². The lowest BCUT2D eigenvalue weighted by Gasteiger charge is -2.14. The van der Waals surface area contributed by atoms with E-state index in [9.17, 15) is 4.79 Å². The zero-order valence-corrected chi connectivity index (χ0v) is 7.71. The molecule has 3 heteroatoms. The van der Waals surface area contributed by atoms with E-state index in [0.717, 1.165) is 0 Å². The summed E-state index contributed by atoms with van der Waals surface area (Å²) in [5.41, 5.74) is 0. The molecule has 1 aliphatic carbocycles. The Labute approximate surface area is 73.2 Å². The Hall–Kier alpha value is -0.570. The molecule has 0 spiro atoms. The highest BCUT2D eigenvalue weighted by Crippen LogP contribution is 2.36. The van der Waals surface area contributed by atoms with Crippen LogP contribution >= 0.6 is 0 Å². The topological polar surface area (TPSA) is 49.3 Å². The fraction of sp³-hybridized carbons (Fsp3) is 0.889. The van der Waals surface area contributed by atoms with Gasteiger partial charge in [-0.3, -0.25) is 4.79 Å². The first-order valence-corrected chi connectivity index (χ1v) is 4.56. The molecule has 1 amide bonds. The van der Waals surface area contributed by atoms with Crippen LogP contribution in [0.1, 0.15) is 26.7 Å². The van der Waals surface area contributed by atoms with Gasteiger partial charge in [-0.2, -0.15) is 0 Å². The fourth-order valence-corrected chi connectivity index (χ4v) is 1.23. The Morgan fingerprint density at radius 2 is 2.17 bits per heavy atom. The van der Waals surface area contributed by atoms with Gasteiger partial charge < -0.3 is 10.4 Å². The molecule has 0 bridgehead atoms. The summed E-state index contributed by atoms with van der Waals surface area (Å²) >= 11 is 0. The highest BCUT2D eigenvalue weighted by Gasteiger charge is 2.32. The van der Waals surface area contributed by atoms with Crippen LogP contribution in [0.15, 0.2) is 0 Å². The molecule has 2 atom stereocenters. The van der Waals surface area contributed by atoms with Crippen molar-refractivity contribution in [3.8, 4) is 0 Å². The van der Waals surface area contributed by atoms with Gasteiger partial charge in [0.2, 0.25) is 5.91 Å². The molecule has 0 aliphatic heterocycles. The van der Waals surface area contributed by atoms with E-state index in [1.165, 1.54) is 12.8 Å². The Morgan fingerprint density at radius 1 is 1.58 bits per heavy atom. The van der Waals surface area contributed by atoms with Gasteiger partial charge in [0, 0.05) is 12.0 Å². The van der Waals surface area contributed by atoms with Crippen LogP contribution in [-0.4, -0.2) is 23.7 Å². The number of hydrogen-bond acceptors (Lipinski definition) is 2. The molecule has 0 heterocycles. The number of amides is 1. The standard InChI is InChI=1S/C9H17NO2/c1-6(5-11)10-9(12)7(2)8-3-4-8/h6-8,11H,3-5H2,1-2H3,(H,10,12). The average Bonchev–Trinajstić information content (AvgIpc) is 2.85. The molecular formula is C9H17NO2. The summed E-state index contributed by atoms with van der Waals surface area (Å²) in [5.74, 6) is 0.800. The van der Waals surface area contributed by atoms with E-state index in [1.54, 1.807) is 6.92 Å². The first kappa shape index (κ1) is 9.52. The molecule has 12 heavy (non-hydrogen) atoms. The van der Waals surface area contributed by atoms with Crippen molar-refractivity contribution >= 4 is 5.91 Å². The number of aliphatic hydroxyl groups excluding tert-OH is 1. The third-order valence-corrected chi connectivity index (χ3v) is 2.41. The SMILES string of the molecule is CC(CO)NC(=O)C(C)C1CC1. The van der Waals surface area contributed by atoms with Crippen molar-refractivity contribution in [2.45, 2.75) is 32.7 Å². The first-order chi connectivity index (χ1) is 5.65. The van der Waals surface area contributed by atoms with Crippen LogP contribution in [-0.2, 0) is 4.79 Å². The van der Waals surface area contributed by atoms with Gasteiger partial charge in [-0.05, 0) is 25.7 Å². The summed E-state index contributed by atoms with van der Waals surface area (Å²) in [7, 11) is 0. The summed E-state index contributed by atoms with van der Waals surface area (Å²) in [6, 6.07) is -0.112. The molecule has 0 aromatic heterocycles. The van der Waals surface area contributed by atoms with Crippen molar-refractivity contribution in [1.29, 1.82) is 0 Å². The molecule has 0 saturated heterocycles.